The Bertz CT molecular complexity index is 928. The number of rotatable bonds is 6. The van der Waals surface area contributed by atoms with Crippen molar-refractivity contribution in [2.24, 2.45) is 0 Å². The van der Waals surface area contributed by atoms with Crippen LogP contribution in [0.4, 0.5) is 11.4 Å². The number of furan rings is 1. The van der Waals surface area contributed by atoms with Gasteiger partial charge in [0, 0.05) is 22.5 Å². The third kappa shape index (κ3) is 4.55. The molecule has 0 fully saturated rings. The van der Waals surface area contributed by atoms with Gasteiger partial charge in [-0.1, -0.05) is 0 Å². The minimum Gasteiger partial charge on any atom is -0.494 e. The smallest absolute Gasteiger partial charge is 0.291 e. The standard InChI is InChI=1S/C21H20N2O4/c1-3-26-18-10-8-17(9-11-18)22-20(24)15-4-6-16(7-5-15)23-21(25)19-14(2)12-13-27-19/h4-13H,3H2,1-2H3,(H,22,24)(H,23,25). The zero-order valence-corrected chi connectivity index (χ0v) is 15.1. The number of hydrogen-bond donors (Lipinski definition) is 2. The molecule has 0 saturated heterocycles. The molecule has 0 atom stereocenters. The first kappa shape index (κ1) is 18.3. The SMILES string of the molecule is CCOc1ccc(NC(=O)c2ccc(NC(=O)c3occc3C)cc2)cc1. The molecule has 0 unspecified atom stereocenters. The summed E-state index contributed by atoms with van der Waals surface area (Å²) in [5.74, 6) is 0.456. The van der Waals surface area contributed by atoms with Crippen molar-refractivity contribution in [2.45, 2.75) is 13.8 Å². The first-order valence-corrected chi connectivity index (χ1v) is 8.56. The second-order valence-electron chi connectivity index (χ2n) is 5.88. The molecular formula is C21H20N2O4. The van der Waals surface area contributed by atoms with Crippen LogP contribution in [0.3, 0.4) is 0 Å². The minimum absolute atomic E-state index is 0.237. The van der Waals surface area contributed by atoms with E-state index in [2.05, 4.69) is 10.6 Å². The fourth-order valence-electron chi connectivity index (χ4n) is 2.50. The Kier molecular flexibility index (Phi) is 5.56. The number of hydrogen-bond acceptors (Lipinski definition) is 4. The van der Waals surface area contributed by atoms with Gasteiger partial charge in [0.25, 0.3) is 11.8 Å². The second kappa shape index (κ2) is 8.23. The van der Waals surface area contributed by atoms with Crippen LogP contribution in [0.15, 0.2) is 65.3 Å². The Labute approximate surface area is 157 Å². The maximum absolute atomic E-state index is 12.3. The molecule has 0 radical (unpaired) electrons. The van der Waals surface area contributed by atoms with Gasteiger partial charge < -0.3 is 19.8 Å². The van der Waals surface area contributed by atoms with Gasteiger partial charge in [-0.25, -0.2) is 0 Å². The highest BCUT2D eigenvalue weighted by atomic mass is 16.5. The minimum atomic E-state index is -0.330. The second-order valence-corrected chi connectivity index (χ2v) is 5.88. The van der Waals surface area contributed by atoms with E-state index >= 15 is 0 Å². The molecule has 2 amide bonds. The van der Waals surface area contributed by atoms with Crippen molar-refractivity contribution in [3.8, 4) is 5.75 Å². The van der Waals surface area contributed by atoms with E-state index in [0.29, 0.717) is 23.5 Å². The van der Waals surface area contributed by atoms with E-state index in [9.17, 15) is 9.59 Å². The van der Waals surface area contributed by atoms with E-state index in [4.69, 9.17) is 9.15 Å². The highest BCUT2D eigenvalue weighted by Gasteiger charge is 2.13. The summed E-state index contributed by atoms with van der Waals surface area (Å²) < 4.78 is 10.5. The summed E-state index contributed by atoms with van der Waals surface area (Å²) in [7, 11) is 0. The van der Waals surface area contributed by atoms with Crippen molar-refractivity contribution in [2.75, 3.05) is 17.2 Å². The van der Waals surface area contributed by atoms with Gasteiger partial charge >= 0.3 is 0 Å². The topological polar surface area (TPSA) is 80.6 Å². The maximum Gasteiger partial charge on any atom is 0.291 e. The highest BCUT2D eigenvalue weighted by Crippen LogP contribution is 2.18. The molecule has 27 heavy (non-hydrogen) atoms. The van der Waals surface area contributed by atoms with Crippen LogP contribution in [0.25, 0.3) is 0 Å². The Balaban J connectivity index is 1.61. The molecule has 6 nitrogen and oxygen atoms in total. The van der Waals surface area contributed by atoms with Crippen LogP contribution in [-0.4, -0.2) is 18.4 Å². The Morgan fingerprint density at radius 1 is 0.889 bits per heavy atom. The highest BCUT2D eigenvalue weighted by molar-refractivity contribution is 6.05. The number of amides is 2. The first-order valence-electron chi connectivity index (χ1n) is 8.56. The van der Waals surface area contributed by atoms with Gasteiger partial charge in [-0.3, -0.25) is 9.59 Å². The van der Waals surface area contributed by atoms with E-state index in [1.54, 1.807) is 61.5 Å². The molecule has 3 rings (SSSR count). The van der Waals surface area contributed by atoms with Gasteiger partial charge in [0.1, 0.15) is 5.75 Å². The molecule has 138 valence electrons. The van der Waals surface area contributed by atoms with Crippen LogP contribution in [0.5, 0.6) is 5.75 Å². The van der Waals surface area contributed by atoms with E-state index in [1.165, 1.54) is 6.26 Å². The molecule has 1 heterocycles. The fraction of sp³-hybridized carbons (Fsp3) is 0.143. The van der Waals surface area contributed by atoms with Gasteiger partial charge in [-0.2, -0.15) is 0 Å². The summed E-state index contributed by atoms with van der Waals surface area (Å²) >= 11 is 0. The number of carbonyl (C=O) groups excluding carboxylic acids is 2. The zero-order valence-electron chi connectivity index (χ0n) is 15.1. The van der Waals surface area contributed by atoms with Crippen molar-refractivity contribution < 1.29 is 18.7 Å². The lowest BCUT2D eigenvalue weighted by molar-refractivity contribution is 0.0994. The van der Waals surface area contributed by atoms with E-state index in [1.807, 2.05) is 6.92 Å². The van der Waals surface area contributed by atoms with Crippen LogP contribution >= 0.6 is 0 Å². The summed E-state index contributed by atoms with van der Waals surface area (Å²) in [6.07, 6.45) is 1.47. The fourth-order valence-corrected chi connectivity index (χ4v) is 2.50. The quantitative estimate of drug-likeness (QED) is 0.675. The van der Waals surface area contributed by atoms with Gasteiger partial charge in [0.05, 0.1) is 12.9 Å². The molecule has 2 aromatic carbocycles. The van der Waals surface area contributed by atoms with E-state index < -0.39 is 0 Å². The number of aryl methyl sites for hydroxylation is 1. The summed E-state index contributed by atoms with van der Waals surface area (Å²) in [4.78, 5) is 24.5. The van der Waals surface area contributed by atoms with Crippen molar-refractivity contribution in [3.05, 3.63) is 77.7 Å². The van der Waals surface area contributed by atoms with E-state index in [-0.39, 0.29) is 17.6 Å². The number of carbonyl (C=O) groups is 2. The average molecular weight is 364 g/mol. The van der Waals surface area contributed by atoms with Gasteiger partial charge in [-0.15, -0.1) is 0 Å². The molecular weight excluding hydrogens is 344 g/mol. The van der Waals surface area contributed by atoms with Gasteiger partial charge in [0.15, 0.2) is 5.76 Å². The Hall–Kier alpha value is -3.54. The Morgan fingerprint density at radius 3 is 2.04 bits per heavy atom. The summed E-state index contributed by atoms with van der Waals surface area (Å²) in [6.45, 7) is 4.30. The molecule has 0 spiro atoms. The number of ether oxygens (including phenoxy) is 1. The first-order chi connectivity index (χ1) is 13.1. The molecule has 0 aliphatic rings. The maximum atomic E-state index is 12.3. The predicted molar refractivity (Wildman–Crippen MR) is 103 cm³/mol. The number of benzene rings is 2. The lowest BCUT2D eigenvalue weighted by Crippen LogP contribution is -2.14. The van der Waals surface area contributed by atoms with Crippen LogP contribution in [-0.2, 0) is 0 Å². The third-order valence-corrected chi connectivity index (χ3v) is 3.90. The van der Waals surface area contributed by atoms with Crippen LogP contribution < -0.4 is 15.4 Å². The molecule has 3 aromatic rings. The summed E-state index contributed by atoms with van der Waals surface area (Å²) in [6, 6.07) is 15.5. The molecule has 0 aliphatic heterocycles. The normalized spacial score (nSPS) is 10.3. The lowest BCUT2D eigenvalue weighted by atomic mass is 10.2. The molecule has 0 aliphatic carbocycles. The molecule has 6 heteroatoms. The largest absolute Gasteiger partial charge is 0.494 e. The number of nitrogens with one attached hydrogen (secondary N) is 2. The van der Waals surface area contributed by atoms with Crippen molar-refractivity contribution in [3.63, 3.8) is 0 Å². The molecule has 0 bridgehead atoms. The predicted octanol–water partition coefficient (Wildman–Crippen LogP) is 4.49. The van der Waals surface area contributed by atoms with Gasteiger partial charge in [0.2, 0.25) is 0 Å². The van der Waals surface area contributed by atoms with Crippen LogP contribution in [0, 0.1) is 6.92 Å². The average Bonchev–Trinajstić information content (AvgIpc) is 3.10. The summed E-state index contributed by atoms with van der Waals surface area (Å²) in [5.41, 5.74) is 2.50. The van der Waals surface area contributed by atoms with Gasteiger partial charge in [-0.05, 0) is 68.4 Å². The van der Waals surface area contributed by atoms with Crippen LogP contribution in [0.2, 0.25) is 0 Å². The van der Waals surface area contributed by atoms with E-state index in [0.717, 1.165) is 11.3 Å². The molecule has 2 N–H and O–H groups in total. The Morgan fingerprint density at radius 2 is 1.48 bits per heavy atom. The van der Waals surface area contributed by atoms with Crippen molar-refractivity contribution in [1.82, 2.24) is 0 Å². The van der Waals surface area contributed by atoms with Crippen molar-refractivity contribution in [1.29, 1.82) is 0 Å². The number of anilines is 2. The zero-order chi connectivity index (χ0) is 19.2. The van der Waals surface area contributed by atoms with Crippen molar-refractivity contribution >= 4 is 23.2 Å². The summed E-state index contributed by atoms with van der Waals surface area (Å²) in [5, 5.41) is 5.56. The monoisotopic (exact) mass is 364 g/mol. The molecule has 0 saturated carbocycles. The molecule has 1 aromatic heterocycles. The van der Waals surface area contributed by atoms with Crippen LogP contribution in [0.1, 0.15) is 33.4 Å². The lowest BCUT2D eigenvalue weighted by Gasteiger charge is -2.08. The third-order valence-electron chi connectivity index (χ3n) is 3.90.